The molecule has 1 N–H and O–H groups in total. The van der Waals surface area contributed by atoms with Gasteiger partial charge in [0.2, 0.25) is 10.0 Å². The van der Waals surface area contributed by atoms with E-state index in [4.69, 9.17) is 4.74 Å². The summed E-state index contributed by atoms with van der Waals surface area (Å²) < 4.78 is 30.4. The van der Waals surface area contributed by atoms with Crippen LogP contribution in [0.4, 0.5) is 5.69 Å². The lowest BCUT2D eigenvalue weighted by atomic mass is 10.1. The minimum Gasteiger partial charge on any atom is -0.465 e. The molecule has 0 aromatic heterocycles. The third kappa shape index (κ3) is 3.65. The third-order valence-corrected chi connectivity index (χ3v) is 5.70. The number of benzene rings is 1. The molecule has 1 atom stereocenters. The van der Waals surface area contributed by atoms with Gasteiger partial charge in [-0.2, -0.15) is 0 Å². The molecule has 1 aromatic rings. The van der Waals surface area contributed by atoms with Gasteiger partial charge in [0.1, 0.15) is 0 Å². The standard InChI is InChI=1S/C15H22N2O5S/c1-16(2)23(20,21)12-6-7-14(13(9-12)15(19)22-3)17-8-4-5-11(18)10-17/h6-7,9,11,18H,4-5,8,10H2,1-3H3. The number of aliphatic hydroxyl groups excluding tert-OH is 1. The molecule has 0 spiro atoms. The van der Waals surface area contributed by atoms with Crippen LogP contribution in [0.5, 0.6) is 0 Å². The molecule has 1 aliphatic heterocycles. The molecule has 0 saturated carbocycles. The Morgan fingerprint density at radius 2 is 2.09 bits per heavy atom. The molecular formula is C15H22N2O5S. The molecule has 23 heavy (non-hydrogen) atoms. The summed E-state index contributed by atoms with van der Waals surface area (Å²) in [4.78, 5) is 14.0. The predicted molar refractivity (Wildman–Crippen MR) is 86.1 cm³/mol. The van der Waals surface area contributed by atoms with E-state index < -0.39 is 22.1 Å². The number of hydrogen-bond donors (Lipinski definition) is 1. The zero-order chi connectivity index (χ0) is 17.2. The molecule has 2 rings (SSSR count). The normalized spacial score (nSPS) is 19.0. The van der Waals surface area contributed by atoms with Crippen LogP contribution in [0.2, 0.25) is 0 Å². The average molecular weight is 342 g/mol. The first-order valence-electron chi connectivity index (χ1n) is 7.35. The van der Waals surface area contributed by atoms with E-state index in [1.807, 2.05) is 4.90 Å². The summed E-state index contributed by atoms with van der Waals surface area (Å²) in [6, 6.07) is 4.40. The Bertz CT molecular complexity index is 687. The monoisotopic (exact) mass is 342 g/mol. The summed E-state index contributed by atoms with van der Waals surface area (Å²) in [6.45, 7) is 1.10. The van der Waals surface area contributed by atoms with Crippen LogP contribution in [0.1, 0.15) is 23.2 Å². The molecule has 0 amide bonds. The van der Waals surface area contributed by atoms with Crippen molar-refractivity contribution in [2.75, 3.05) is 39.2 Å². The lowest BCUT2D eigenvalue weighted by molar-refractivity contribution is 0.0600. The van der Waals surface area contributed by atoms with Crippen LogP contribution >= 0.6 is 0 Å². The zero-order valence-electron chi connectivity index (χ0n) is 13.5. The zero-order valence-corrected chi connectivity index (χ0v) is 14.3. The highest BCUT2D eigenvalue weighted by Gasteiger charge is 2.26. The van der Waals surface area contributed by atoms with Crippen molar-refractivity contribution in [2.24, 2.45) is 0 Å². The molecule has 128 valence electrons. The van der Waals surface area contributed by atoms with E-state index >= 15 is 0 Å². The molecule has 0 bridgehead atoms. The van der Waals surface area contributed by atoms with Crippen molar-refractivity contribution < 1.29 is 23.1 Å². The molecule has 0 radical (unpaired) electrons. The molecule has 1 aliphatic rings. The van der Waals surface area contributed by atoms with Crippen LogP contribution in [0.3, 0.4) is 0 Å². The fourth-order valence-electron chi connectivity index (χ4n) is 2.61. The van der Waals surface area contributed by atoms with Crippen molar-refractivity contribution in [3.63, 3.8) is 0 Å². The topological polar surface area (TPSA) is 87.2 Å². The summed E-state index contributed by atoms with van der Waals surface area (Å²) in [5.74, 6) is -0.601. The Kier molecular flexibility index (Phi) is 5.28. The number of hydrogen-bond acceptors (Lipinski definition) is 6. The number of methoxy groups -OCH3 is 1. The second kappa shape index (κ2) is 6.86. The maximum absolute atomic E-state index is 12.3. The molecule has 1 saturated heterocycles. The summed E-state index contributed by atoms with van der Waals surface area (Å²) in [5, 5.41) is 9.82. The first-order chi connectivity index (χ1) is 10.8. The highest BCUT2D eigenvalue weighted by molar-refractivity contribution is 7.89. The largest absolute Gasteiger partial charge is 0.465 e. The van der Waals surface area contributed by atoms with Crippen molar-refractivity contribution in [2.45, 2.75) is 23.8 Å². The van der Waals surface area contributed by atoms with Gasteiger partial charge in [0.25, 0.3) is 0 Å². The van der Waals surface area contributed by atoms with Crippen LogP contribution in [-0.2, 0) is 14.8 Å². The van der Waals surface area contributed by atoms with Gasteiger partial charge >= 0.3 is 5.97 Å². The van der Waals surface area contributed by atoms with Gasteiger partial charge in [-0.25, -0.2) is 17.5 Å². The van der Waals surface area contributed by atoms with Crippen LogP contribution in [0.25, 0.3) is 0 Å². The number of piperidine rings is 1. The number of anilines is 1. The molecular weight excluding hydrogens is 320 g/mol. The van der Waals surface area contributed by atoms with Crippen LogP contribution in [0, 0.1) is 0 Å². The van der Waals surface area contributed by atoms with E-state index in [0.717, 1.165) is 17.1 Å². The number of rotatable bonds is 4. The van der Waals surface area contributed by atoms with Gasteiger partial charge in [-0.3, -0.25) is 0 Å². The summed E-state index contributed by atoms with van der Waals surface area (Å²) in [7, 11) is 0.478. The van der Waals surface area contributed by atoms with E-state index in [0.29, 0.717) is 18.8 Å². The Labute approximate surface area is 136 Å². The van der Waals surface area contributed by atoms with Crippen LogP contribution in [0.15, 0.2) is 23.1 Å². The first-order valence-corrected chi connectivity index (χ1v) is 8.79. The Morgan fingerprint density at radius 1 is 1.39 bits per heavy atom. The number of β-amino-alcohol motifs (C(OH)–C–C–N with tert-alkyl or cyclic N) is 1. The van der Waals surface area contributed by atoms with Gasteiger partial charge < -0.3 is 14.7 Å². The van der Waals surface area contributed by atoms with E-state index in [1.165, 1.54) is 33.3 Å². The number of ether oxygens (including phenoxy) is 1. The minimum atomic E-state index is -3.64. The SMILES string of the molecule is COC(=O)c1cc(S(=O)(=O)N(C)C)ccc1N1CCCC(O)C1. The number of nitrogens with zero attached hydrogens (tertiary/aromatic N) is 2. The molecule has 1 unspecified atom stereocenters. The number of esters is 1. The van der Waals surface area contributed by atoms with E-state index in [2.05, 4.69) is 0 Å². The fraction of sp³-hybridized carbons (Fsp3) is 0.533. The molecule has 8 heteroatoms. The molecule has 1 aromatic carbocycles. The average Bonchev–Trinajstić information content (AvgIpc) is 2.53. The van der Waals surface area contributed by atoms with Gasteiger partial charge in [-0.05, 0) is 31.0 Å². The summed E-state index contributed by atoms with van der Waals surface area (Å²) in [6.07, 6.45) is 1.07. The highest BCUT2D eigenvalue weighted by atomic mass is 32.2. The van der Waals surface area contributed by atoms with Crippen molar-refractivity contribution in [3.8, 4) is 0 Å². The summed E-state index contributed by atoms with van der Waals surface area (Å²) >= 11 is 0. The van der Waals surface area contributed by atoms with Gasteiger partial charge in [-0.15, -0.1) is 0 Å². The fourth-order valence-corrected chi connectivity index (χ4v) is 3.54. The Balaban J connectivity index is 2.49. The number of aliphatic hydroxyl groups is 1. The van der Waals surface area contributed by atoms with Crippen molar-refractivity contribution in [1.29, 1.82) is 0 Å². The van der Waals surface area contributed by atoms with Gasteiger partial charge in [0.15, 0.2) is 0 Å². The minimum absolute atomic E-state index is 0.0317. The molecule has 0 aliphatic carbocycles. The third-order valence-electron chi connectivity index (χ3n) is 3.89. The van der Waals surface area contributed by atoms with E-state index in [1.54, 1.807) is 6.07 Å². The Hall–Kier alpha value is -1.64. The van der Waals surface area contributed by atoms with Crippen molar-refractivity contribution in [1.82, 2.24) is 4.31 Å². The van der Waals surface area contributed by atoms with Gasteiger partial charge in [0, 0.05) is 27.2 Å². The number of carbonyl (C=O) groups is 1. The molecule has 1 fully saturated rings. The van der Waals surface area contributed by atoms with Crippen LogP contribution < -0.4 is 4.90 Å². The number of carbonyl (C=O) groups excluding carboxylic acids is 1. The van der Waals surface area contributed by atoms with E-state index in [9.17, 15) is 18.3 Å². The second-order valence-corrected chi connectivity index (χ2v) is 7.85. The smallest absolute Gasteiger partial charge is 0.340 e. The van der Waals surface area contributed by atoms with E-state index in [-0.39, 0.29) is 10.5 Å². The van der Waals surface area contributed by atoms with Gasteiger partial charge in [-0.1, -0.05) is 0 Å². The van der Waals surface area contributed by atoms with Crippen LogP contribution in [-0.4, -0.2) is 64.2 Å². The number of sulfonamides is 1. The quantitative estimate of drug-likeness (QED) is 0.810. The highest BCUT2D eigenvalue weighted by Crippen LogP contribution is 2.28. The second-order valence-electron chi connectivity index (χ2n) is 5.70. The molecule has 7 nitrogen and oxygen atoms in total. The van der Waals surface area contributed by atoms with Gasteiger partial charge in [0.05, 0.1) is 29.4 Å². The lowest BCUT2D eigenvalue weighted by Crippen LogP contribution is -2.39. The lowest BCUT2D eigenvalue weighted by Gasteiger charge is -2.33. The molecule has 1 heterocycles. The predicted octanol–water partition coefficient (Wildman–Crippen LogP) is 0.685. The first kappa shape index (κ1) is 17.7. The van der Waals surface area contributed by atoms with Crippen molar-refractivity contribution in [3.05, 3.63) is 23.8 Å². The van der Waals surface area contributed by atoms with Crippen molar-refractivity contribution >= 4 is 21.7 Å². The summed E-state index contributed by atoms with van der Waals surface area (Å²) in [5.41, 5.74) is 0.762. The Morgan fingerprint density at radius 3 is 2.65 bits per heavy atom. The maximum atomic E-state index is 12.3. The maximum Gasteiger partial charge on any atom is 0.340 e.